The zero-order chi connectivity index (χ0) is 22.7. The van der Waals surface area contributed by atoms with Crippen LogP contribution < -0.4 is 10.6 Å². The second kappa shape index (κ2) is 9.58. The summed E-state index contributed by atoms with van der Waals surface area (Å²) < 4.78 is 11.1. The molecule has 0 spiro atoms. The molecule has 0 aliphatic rings. The highest BCUT2D eigenvalue weighted by molar-refractivity contribution is 7.80. The second-order valence-corrected chi connectivity index (χ2v) is 7.93. The quantitative estimate of drug-likeness (QED) is 0.294. The van der Waals surface area contributed by atoms with Gasteiger partial charge in [-0.05, 0) is 78.9 Å². The lowest BCUT2D eigenvalue weighted by Crippen LogP contribution is -2.33. The number of carbonyl (C=O) groups is 1. The highest BCUT2D eigenvalue weighted by atomic mass is 35.5. The van der Waals surface area contributed by atoms with Gasteiger partial charge in [0.05, 0.1) is 10.0 Å². The molecule has 9 heteroatoms. The molecule has 0 atom stereocenters. The van der Waals surface area contributed by atoms with Crippen LogP contribution in [0.5, 0.6) is 0 Å². The average molecular weight is 487 g/mol. The maximum Gasteiger partial charge on any atom is 0.293 e. The molecule has 0 saturated heterocycles. The first-order chi connectivity index (χ1) is 15.4. The number of amides is 1. The van der Waals surface area contributed by atoms with Gasteiger partial charge in [-0.15, -0.1) is 0 Å². The van der Waals surface area contributed by atoms with Crippen molar-refractivity contribution in [2.24, 2.45) is 0 Å². The summed E-state index contributed by atoms with van der Waals surface area (Å²) in [7, 11) is 0. The van der Waals surface area contributed by atoms with Crippen LogP contribution in [0.25, 0.3) is 22.6 Å². The molecule has 0 radical (unpaired) electrons. The first-order valence-corrected chi connectivity index (χ1v) is 10.6. The van der Waals surface area contributed by atoms with Crippen molar-refractivity contribution in [3.8, 4) is 22.6 Å². The fraction of sp³-hybridized carbons (Fsp3) is 0.0435. The van der Waals surface area contributed by atoms with Gasteiger partial charge >= 0.3 is 0 Å². The molecule has 0 unspecified atom stereocenters. The fourth-order valence-electron chi connectivity index (χ4n) is 2.93. The predicted octanol–water partition coefficient (Wildman–Crippen LogP) is 6.13. The number of halogens is 2. The maximum atomic E-state index is 12.5. The van der Waals surface area contributed by atoms with Crippen LogP contribution in [-0.2, 0) is 6.61 Å². The van der Waals surface area contributed by atoms with E-state index >= 15 is 0 Å². The zero-order valence-corrected chi connectivity index (χ0v) is 18.7. The number of carbonyl (C=O) groups excluding carboxylic acids is 1. The summed E-state index contributed by atoms with van der Waals surface area (Å²) in [5.41, 5.74) is 2.22. The molecule has 4 rings (SSSR count). The van der Waals surface area contributed by atoms with Gasteiger partial charge in [-0.25, -0.2) is 0 Å². The van der Waals surface area contributed by atoms with Crippen LogP contribution in [0.1, 0.15) is 16.3 Å². The molecule has 3 N–H and O–H groups in total. The van der Waals surface area contributed by atoms with Crippen molar-refractivity contribution in [3.63, 3.8) is 0 Å². The molecule has 162 valence electrons. The smallest absolute Gasteiger partial charge is 0.293 e. The number of hydrogen-bond acceptors (Lipinski definition) is 5. The van der Waals surface area contributed by atoms with Crippen LogP contribution in [0.4, 0.5) is 5.69 Å². The van der Waals surface area contributed by atoms with Crippen molar-refractivity contribution in [3.05, 3.63) is 88.3 Å². The summed E-state index contributed by atoms with van der Waals surface area (Å²) in [5, 5.41) is 15.6. The van der Waals surface area contributed by atoms with Gasteiger partial charge in [0, 0.05) is 16.8 Å². The van der Waals surface area contributed by atoms with Gasteiger partial charge in [0.25, 0.3) is 5.91 Å². The molecule has 0 bridgehead atoms. The first-order valence-electron chi connectivity index (χ1n) is 9.40. The third-order valence-corrected chi connectivity index (χ3v) is 5.45. The minimum absolute atomic E-state index is 0.100. The molecule has 0 aliphatic carbocycles. The van der Waals surface area contributed by atoms with E-state index in [9.17, 15) is 4.79 Å². The molecule has 1 amide bonds. The van der Waals surface area contributed by atoms with Gasteiger partial charge in [-0.2, -0.15) is 0 Å². The lowest BCUT2D eigenvalue weighted by atomic mass is 10.1. The van der Waals surface area contributed by atoms with Gasteiger partial charge in [0.1, 0.15) is 23.9 Å². The van der Waals surface area contributed by atoms with Gasteiger partial charge in [0.2, 0.25) is 0 Å². The molecule has 0 saturated carbocycles. The molecule has 2 aromatic carbocycles. The molecule has 0 fully saturated rings. The number of anilines is 1. The monoisotopic (exact) mass is 486 g/mol. The van der Waals surface area contributed by atoms with E-state index in [0.29, 0.717) is 38.6 Å². The molecule has 2 aromatic heterocycles. The lowest BCUT2D eigenvalue weighted by Gasteiger charge is -2.09. The van der Waals surface area contributed by atoms with Crippen LogP contribution in [0.2, 0.25) is 10.0 Å². The van der Waals surface area contributed by atoms with Crippen molar-refractivity contribution in [1.29, 1.82) is 0 Å². The Morgan fingerprint density at radius 1 is 0.875 bits per heavy atom. The number of rotatable bonds is 5. The summed E-state index contributed by atoms with van der Waals surface area (Å²) in [4.78, 5) is 12.5. The standard InChI is InChI=1S/C23H16Cl2N2O4S/c24-17-7-3-14(11-18(17)25)20-9-10-21(31-20)22(29)27-23(32)26-15-4-1-13(2-5-15)19-8-6-16(12-28)30-19/h1-11,28H,12H2,(H2,26,27,29,32). The van der Waals surface area contributed by atoms with Gasteiger partial charge in [0.15, 0.2) is 10.9 Å². The molecule has 4 aromatic rings. The summed E-state index contributed by atoms with van der Waals surface area (Å²) in [6.45, 7) is -0.155. The van der Waals surface area contributed by atoms with E-state index in [2.05, 4.69) is 10.6 Å². The summed E-state index contributed by atoms with van der Waals surface area (Å²) in [6, 6.07) is 19.0. The number of aliphatic hydroxyl groups excluding tert-OH is 1. The predicted molar refractivity (Wildman–Crippen MR) is 128 cm³/mol. The van der Waals surface area contributed by atoms with E-state index in [1.54, 1.807) is 54.6 Å². The van der Waals surface area contributed by atoms with Crippen molar-refractivity contribution < 1.29 is 18.7 Å². The van der Waals surface area contributed by atoms with Gasteiger partial charge in [-0.1, -0.05) is 23.2 Å². The Morgan fingerprint density at radius 2 is 1.56 bits per heavy atom. The normalized spacial score (nSPS) is 10.7. The van der Waals surface area contributed by atoms with E-state index in [-0.39, 0.29) is 17.5 Å². The van der Waals surface area contributed by atoms with Crippen molar-refractivity contribution >= 4 is 52.1 Å². The van der Waals surface area contributed by atoms with Crippen LogP contribution >= 0.6 is 35.4 Å². The SMILES string of the molecule is O=C(NC(=S)Nc1ccc(-c2ccc(CO)o2)cc1)c1ccc(-c2ccc(Cl)c(Cl)c2)o1. The zero-order valence-electron chi connectivity index (χ0n) is 16.4. The molecule has 0 aliphatic heterocycles. The van der Waals surface area contributed by atoms with E-state index in [4.69, 9.17) is 49.4 Å². The van der Waals surface area contributed by atoms with Gasteiger partial charge < -0.3 is 19.3 Å². The third kappa shape index (κ3) is 5.03. The highest BCUT2D eigenvalue weighted by Gasteiger charge is 2.14. The van der Waals surface area contributed by atoms with Gasteiger partial charge in [-0.3, -0.25) is 10.1 Å². The molecule has 6 nitrogen and oxygen atoms in total. The number of nitrogens with one attached hydrogen (secondary N) is 2. The van der Waals surface area contributed by atoms with E-state index in [0.717, 1.165) is 5.56 Å². The highest BCUT2D eigenvalue weighted by Crippen LogP contribution is 2.29. The minimum atomic E-state index is -0.488. The van der Waals surface area contributed by atoms with E-state index in [1.807, 2.05) is 12.1 Å². The number of hydrogen-bond donors (Lipinski definition) is 3. The molecule has 32 heavy (non-hydrogen) atoms. The summed E-state index contributed by atoms with van der Waals surface area (Å²) in [6.07, 6.45) is 0. The third-order valence-electron chi connectivity index (χ3n) is 4.51. The number of thiocarbonyl (C=S) groups is 1. The Kier molecular flexibility index (Phi) is 6.62. The minimum Gasteiger partial charge on any atom is -0.459 e. The molecular formula is C23H16Cl2N2O4S. The van der Waals surface area contributed by atoms with Crippen molar-refractivity contribution in [2.75, 3.05) is 5.32 Å². The largest absolute Gasteiger partial charge is 0.459 e. The van der Waals surface area contributed by atoms with E-state index < -0.39 is 5.91 Å². The Balaban J connectivity index is 1.37. The average Bonchev–Trinajstić information content (AvgIpc) is 3.46. The molecular weight excluding hydrogens is 471 g/mol. The number of furan rings is 2. The number of benzene rings is 2. The van der Waals surface area contributed by atoms with Crippen LogP contribution in [0.15, 0.2) is 75.6 Å². The molecule has 2 heterocycles. The Bertz CT molecular complexity index is 1280. The second-order valence-electron chi connectivity index (χ2n) is 6.70. The Morgan fingerprint density at radius 3 is 2.25 bits per heavy atom. The van der Waals surface area contributed by atoms with E-state index in [1.165, 1.54) is 0 Å². The Hall–Kier alpha value is -3.10. The topological polar surface area (TPSA) is 87.6 Å². The summed E-state index contributed by atoms with van der Waals surface area (Å²) >= 11 is 17.2. The number of aliphatic hydroxyl groups is 1. The fourth-order valence-corrected chi connectivity index (χ4v) is 3.44. The van der Waals surface area contributed by atoms with Crippen LogP contribution in [0, 0.1) is 0 Å². The van der Waals surface area contributed by atoms with Crippen LogP contribution in [-0.4, -0.2) is 16.1 Å². The first kappa shape index (κ1) is 22.1. The van der Waals surface area contributed by atoms with Crippen LogP contribution in [0.3, 0.4) is 0 Å². The lowest BCUT2D eigenvalue weighted by molar-refractivity contribution is 0.0951. The van der Waals surface area contributed by atoms with Crippen molar-refractivity contribution in [1.82, 2.24) is 5.32 Å². The van der Waals surface area contributed by atoms with Crippen molar-refractivity contribution in [2.45, 2.75) is 6.61 Å². The maximum absolute atomic E-state index is 12.5. The summed E-state index contributed by atoms with van der Waals surface area (Å²) in [5.74, 6) is 1.23. The Labute approximate surface area is 198 Å².